The summed E-state index contributed by atoms with van der Waals surface area (Å²) in [5.74, 6) is -0.164. The minimum atomic E-state index is -0.164. The van der Waals surface area contributed by atoms with Gasteiger partial charge in [0.25, 0.3) is 0 Å². The Bertz CT molecular complexity index is 165. The molecule has 1 aliphatic rings. The van der Waals surface area contributed by atoms with Crippen molar-refractivity contribution < 1.29 is 14.0 Å². The van der Waals surface area contributed by atoms with Crippen LogP contribution in [-0.2, 0) is 9.53 Å². The van der Waals surface area contributed by atoms with Gasteiger partial charge in [0.1, 0.15) is 0 Å². The van der Waals surface area contributed by atoms with Crippen LogP contribution in [0.15, 0.2) is 0 Å². The van der Waals surface area contributed by atoms with Crippen LogP contribution < -0.4 is 0 Å². The Balaban J connectivity index is 2.51. The van der Waals surface area contributed by atoms with Gasteiger partial charge >= 0.3 is 5.97 Å². The third-order valence-corrected chi connectivity index (χ3v) is 2.27. The van der Waals surface area contributed by atoms with Crippen LogP contribution in [0.4, 0.5) is 0 Å². The van der Waals surface area contributed by atoms with Gasteiger partial charge in [-0.25, -0.2) is 0 Å². The second-order valence-electron chi connectivity index (χ2n) is 3.71. The molecular formula is C8H16NO2+. The van der Waals surface area contributed by atoms with Crippen LogP contribution in [0.1, 0.15) is 19.8 Å². The predicted octanol–water partition coefficient (Wildman–Crippen LogP) is 0.746. The minimum absolute atomic E-state index is 0.0903. The SMILES string of the molecule is CC(=O)OC1CCC[N+]1(C)C. The minimum Gasteiger partial charge on any atom is -0.413 e. The first kappa shape index (κ1) is 8.53. The lowest BCUT2D eigenvalue weighted by Gasteiger charge is -2.30. The van der Waals surface area contributed by atoms with Crippen LogP contribution in [0.2, 0.25) is 0 Å². The lowest BCUT2D eigenvalue weighted by Crippen LogP contribution is -2.45. The molecule has 64 valence electrons. The molecule has 0 aromatic heterocycles. The van der Waals surface area contributed by atoms with Gasteiger partial charge in [-0.2, -0.15) is 0 Å². The molecule has 0 aromatic rings. The van der Waals surface area contributed by atoms with E-state index >= 15 is 0 Å². The van der Waals surface area contributed by atoms with Crippen LogP contribution in [-0.4, -0.2) is 37.3 Å². The molecular weight excluding hydrogens is 142 g/mol. The Kier molecular flexibility index (Phi) is 2.18. The van der Waals surface area contributed by atoms with E-state index in [1.54, 1.807) is 0 Å². The average Bonchev–Trinajstić information content (AvgIpc) is 2.10. The zero-order valence-corrected chi connectivity index (χ0v) is 7.46. The van der Waals surface area contributed by atoms with E-state index < -0.39 is 0 Å². The molecule has 1 fully saturated rings. The van der Waals surface area contributed by atoms with Gasteiger partial charge in [0.05, 0.1) is 20.6 Å². The number of quaternary nitrogens is 1. The van der Waals surface area contributed by atoms with Gasteiger partial charge in [-0.3, -0.25) is 9.28 Å². The highest BCUT2D eigenvalue weighted by Gasteiger charge is 2.36. The van der Waals surface area contributed by atoms with Crippen LogP contribution in [0.5, 0.6) is 0 Å². The number of nitrogens with zero attached hydrogens (tertiary/aromatic N) is 1. The van der Waals surface area contributed by atoms with Crippen molar-refractivity contribution in [2.45, 2.75) is 26.0 Å². The second kappa shape index (κ2) is 2.81. The van der Waals surface area contributed by atoms with Crippen LogP contribution >= 0.6 is 0 Å². The van der Waals surface area contributed by atoms with Gasteiger partial charge in [0, 0.05) is 19.8 Å². The summed E-state index contributed by atoms with van der Waals surface area (Å²) in [5, 5.41) is 0. The first-order valence-corrected chi connectivity index (χ1v) is 4.02. The van der Waals surface area contributed by atoms with Crippen molar-refractivity contribution in [2.75, 3.05) is 20.6 Å². The molecule has 1 unspecified atom stereocenters. The standard InChI is InChI=1S/C8H16NO2/c1-7(10)11-8-5-4-6-9(8,2)3/h8H,4-6H2,1-3H3/q+1. The van der Waals surface area contributed by atoms with Gasteiger partial charge in [-0.1, -0.05) is 0 Å². The molecule has 1 saturated heterocycles. The maximum Gasteiger partial charge on any atom is 0.307 e. The normalized spacial score (nSPS) is 28.5. The maximum absolute atomic E-state index is 10.7. The number of carbonyl (C=O) groups excluding carboxylic acids is 1. The molecule has 0 N–H and O–H groups in total. The molecule has 3 nitrogen and oxygen atoms in total. The number of hydrogen-bond acceptors (Lipinski definition) is 2. The van der Waals surface area contributed by atoms with Gasteiger partial charge in [-0.15, -0.1) is 0 Å². The topological polar surface area (TPSA) is 26.3 Å². The quantitative estimate of drug-likeness (QED) is 0.416. The first-order chi connectivity index (χ1) is 5.02. The first-order valence-electron chi connectivity index (χ1n) is 4.02. The molecule has 0 radical (unpaired) electrons. The molecule has 0 spiro atoms. The summed E-state index contributed by atoms with van der Waals surface area (Å²) < 4.78 is 5.98. The highest BCUT2D eigenvalue weighted by atomic mass is 16.6. The van der Waals surface area contributed by atoms with Crippen molar-refractivity contribution in [3.05, 3.63) is 0 Å². The number of likely N-dealkylation sites (tertiary alicyclic amines) is 1. The van der Waals surface area contributed by atoms with Gasteiger partial charge in [0.2, 0.25) is 6.23 Å². The number of hydrogen-bond donors (Lipinski definition) is 0. The van der Waals surface area contributed by atoms with E-state index in [0.29, 0.717) is 0 Å². The number of rotatable bonds is 1. The van der Waals surface area contributed by atoms with Gasteiger partial charge in [0.15, 0.2) is 0 Å². The van der Waals surface area contributed by atoms with Crippen LogP contribution in [0.25, 0.3) is 0 Å². The van der Waals surface area contributed by atoms with E-state index in [0.717, 1.165) is 23.9 Å². The van der Waals surface area contributed by atoms with Crippen molar-refractivity contribution in [1.82, 2.24) is 0 Å². The summed E-state index contributed by atoms with van der Waals surface area (Å²) in [6.07, 6.45) is 2.25. The molecule has 1 rings (SSSR count). The second-order valence-corrected chi connectivity index (χ2v) is 3.71. The van der Waals surface area contributed by atoms with E-state index in [-0.39, 0.29) is 12.2 Å². The fourth-order valence-corrected chi connectivity index (χ4v) is 1.56. The molecule has 1 atom stereocenters. The van der Waals surface area contributed by atoms with Crippen molar-refractivity contribution in [2.24, 2.45) is 0 Å². The summed E-state index contributed by atoms with van der Waals surface area (Å²) in [7, 11) is 4.20. The van der Waals surface area contributed by atoms with E-state index in [1.165, 1.54) is 6.92 Å². The molecule has 0 amide bonds. The lowest BCUT2D eigenvalue weighted by molar-refractivity contribution is -0.921. The fourth-order valence-electron chi connectivity index (χ4n) is 1.56. The highest BCUT2D eigenvalue weighted by molar-refractivity contribution is 5.66. The number of carbonyl (C=O) groups is 1. The molecule has 0 aliphatic carbocycles. The summed E-state index contributed by atoms with van der Waals surface area (Å²) in [6, 6.07) is 0. The Labute approximate surface area is 67.5 Å². The Morgan fingerprint density at radius 2 is 2.18 bits per heavy atom. The lowest BCUT2D eigenvalue weighted by atomic mass is 10.4. The van der Waals surface area contributed by atoms with Gasteiger partial charge in [-0.05, 0) is 0 Å². The fraction of sp³-hybridized carbons (Fsp3) is 0.875. The zero-order valence-electron chi connectivity index (χ0n) is 7.46. The van der Waals surface area contributed by atoms with Gasteiger partial charge < -0.3 is 4.74 Å². The smallest absolute Gasteiger partial charge is 0.307 e. The molecule has 0 aromatic carbocycles. The maximum atomic E-state index is 10.7. The van der Waals surface area contributed by atoms with Crippen molar-refractivity contribution in [3.63, 3.8) is 0 Å². The Morgan fingerprint density at radius 1 is 1.55 bits per heavy atom. The van der Waals surface area contributed by atoms with Crippen LogP contribution in [0, 0.1) is 0 Å². The largest absolute Gasteiger partial charge is 0.413 e. The molecule has 1 heterocycles. The zero-order chi connectivity index (χ0) is 8.48. The predicted molar refractivity (Wildman–Crippen MR) is 41.8 cm³/mol. The molecule has 0 saturated carbocycles. The number of ether oxygens (including phenoxy) is 1. The Hall–Kier alpha value is -0.570. The summed E-state index contributed by atoms with van der Waals surface area (Å²) >= 11 is 0. The molecule has 3 heteroatoms. The molecule has 11 heavy (non-hydrogen) atoms. The van der Waals surface area contributed by atoms with E-state index in [2.05, 4.69) is 14.1 Å². The third kappa shape index (κ3) is 1.93. The monoisotopic (exact) mass is 158 g/mol. The molecule has 0 bridgehead atoms. The van der Waals surface area contributed by atoms with E-state index in [1.807, 2.05) is 0 Å². The van der Waals surface area contributed by atoms with Crippen molar-refractivity contribution in [3.8, 4) is 0 Å². The van der Waals surface area contributed by atoms with Crippen molar-refractivity contribution >= 4 is 5.97 Å². The highest BCUT2D eigenvalue weighted by Crippen LogP contribution is 2.22. The number of esters is 1. The average molecular weight is 158 g/mol. The van der Waals surface area contributed by atoms with Crippen LogP contribution in [0.3, 0.4) is 0 Å². The summed E-state index contributed by atoms with van der Waals surface area (Å²) in [6.45, 7) is 2.58. The Morgan fingerprint density at radius 3 is 2.55 bits per heavy atom. The van der Waals surface area contributed by atoms with E-state index in [9.17, 15) is 4.79 Å². The van der Waals surface area contributed by atoms with E-state index in [4.69, 9.17) is 4.74 Å². The summed E-state index contributed by atoms with van der Waals surface area (Å²) in [4.78, 5) is 10.7. The third-order valence-electron chi connectivity index (χ3n) is 2.27. The van der Waals surface area contributed by atoms with Crippen molar-refractivity contribution in [1.29, 1.82) is 0 Å². The summed E-state index contributed by atoms with van der Waals surface area (Å²) in [5.41, 5.74) is 0. The molecule has 1 aliphatic heterocycles.